The number of carboxylic acid groups (broad SMARTS) is 1. The number of aromatic nitrogens is 2. The third-order valence-corrected chi connectivity index (χ3v) is 8.38. The molecule has 0 spiro atoms. The van der Waals surface area contributed by atoms with Crippen LogP contribution in [0.5, 0.6) is 0 Å². The topological polar surface area (TPSA) is 87.7 Å². The summed E-state index contributed by atoms with van der Waals surface area (Å²) in [6.45, 7) is 8.84. The van der Waals surface area contributed by atoms with Gasteiger partial charge in [0.15, 0.2) is 0 Å². The Hall–Kier alpha value is -3.62. The highest BCUT2D eigenvalue weighted by atomic mass is 16.7. The van der Waals surface area contributed by atoms with Crippen LogP contribution in [0.2, 0.25) is 0 Å². The number of hydrogen-bond acceptors (Lipinski definition) is 4. The van der Waals surface area contributed by atoms with Crippen LogP contribution in [0.4, 0.5) is 4.79 Å². The SMILES string of the molecule is CC1(C)OB(c2cccc3c(-c4ccc(-c5cnc(C6CCCN6C(=O)O)[nH]5)cc4)cccc23)OC1(C)C. The zero-order chi connectivity index (χ0) is 26.7. The highest BCUT2D eigenvalue weighted by Gasteiger charge is 2.52. The van der Waals surface area contributed by atoms with Crippen molar-refractivity contribution >= 4 is 29.4 Å². The summed E-state index contributed by atoms with van der Waals surface area (Å²) in [5, 5.41) is 11.7. The Morgan fingerprint density at radius 1 is 0.974 bits per heavy atom. The fourth-order valence-electron chi connectivity index (χ4n) is 5.52. The molecule has 2 saturated heterocycles. The van der Waals surface area contributed by atoms with E-state index in [1.165, 1.54) is 4.90 Å². The van der Waals surface area contributed by atoms with Crippen LogP contribution in [-0.2, 0) is 9.31 Å². The van der Waals surface area contributed by atoms with Gasteiger partial charge in [-0.05, 0) is 73.5 Å². The summed E-state index contributed by atoms with van der Waals surface area (Å²) < 4.78 is 12.7. The number of likely N-dealkylation sites (tertiary alicyclic amines) is 1. The molecule has 1 unspecified atom stereocenters. The van der Waals surface area contributed by atoms with Crippen LogP contribution in [0.15, 0.2) is 66.9 Å². The number of rotatable bonds is 4. The Morgan fingerprint density at radius 2 is 1.63 bits per heavy atom. The van der Waals surface area contributed by atoms with Gasteiger partial charge < -0.3 is 19.4 Å². The van der Waals surface area contributed by atoms with Gasteiger partial charge in [-0.3, -0.25) is 4.90 Å². The number of nitrogens with one attached hydrogen (secondary N) is 1. The average molecular weight is 509 g/mol. The van der Waals surface area contributed by atoms with Crippen LogP contribution in [0.3, 0.4) is 0 Å². The molecule has 3 heterocycles. The highest BCUT2D eigenvalue weighted by molar-refractivity contribution is 6.65. The second kappa shape index (κ2) is 9.00. The van der Waals surface area contributed by atoms with E-state index in [-0.39, 0.29) is 6.04 Å². The van der Waals surface area contributed by atoms with Crippen LogP contribution in [0.25, 0.3) is 33.2 Å². The Kier molecular flexibility index (Phi) is 5.85. The predicted octanol–water partition coefficient (Wildman–Crippen LogP) is 6.01. The largest absolute Gasteiger partial charge is 0.495 e. The van der Waals surface area contributed by atoms with Gasteiger partial charge in [0.1, 0.15) is 5.82 Å². The molecule has 7 nitrogen and oxygen atoms in total. The van der Waals surface area contributed by atoms with Gasteiger partial charge in [0, 0.05) is 6.54 Å². The quantitative estimate of drug-likeness (QED) is 0.329. The summed E-state index contributed by atoms with van der Waals surface area (Å²) >= 11 is 0. The highest BCUT2D eigenvalue weighted by Crippen LogP contribution is 2.38. The number of fused-ring (bicyclic) bond motifs is 1. The first-order valence-corrected chi connectivity index (χ1v) is 13.2. The van der Waals surface area contributed by atoms with Crippen molar-refractivity contribution in [1.82, 2.24) is 14.9 Å². The molecule has 4 aromatic rings. The van der Waals surface area contributed by atoms with E-state index in [4.69, 9.17) is 9.31 Å². The molecule has 1 amide bonds. The number of nitrogens with zero attached hydrogens (tertiary/aromatic N) is 2. The molecular weight excluding hydrogens is 477 g/mol. The van der Waals surface area contributed by atoms with Gasteiger partial charge >= 0.3 is 13.2 Å². The van der Waals surface area contributed by atoms with E-state index in [2.05, 4.69) is 98.3 Å². The van der Waals surface area contributed by atoms with Crippen LogP contribution in [-0.4, -0.2) is 50.9 Å². The van der Waals surface area contributed by atoms with Gasteiger partial charge in [-0.25, -0.2) is 9.78 Å². The smallest absolute Gasteiger partial charge is 0.465 e. The lowest BCUT2D eigenvalue weighted by Crippen LogP contribution is -2.41. The first kappa shape index (κ1) is 24.7. The molecule has 6 rings (SSSR count). The van der Waals surface area contributed by atoms with Crippen LogP contribution in [0.1, 0.15) is 52.4 Å². The van der Waals surface area contributed by atoms with Gasteiger partial charge in [0.05, 0.1) is 29.1 Å². The first-order valence-electron chi connectivity index (χ1n) is 13.2. The molecule has 2 aliphatic heterocycles. The maximum Gasteiger partial charge on any atom is 0.495 e. The summed E-state index contributed by atoms with van der Waals surface area (Å²) in [6.07, 6.45) is 2.53. The molecule has 2 fully saturated rings. The fraction of sp³-hybridized carbons (Fsp3) is 0.333. The zero-order valence-electron chi connectivity index (χ0n) is 22.2. The summed E-state index contributed by atoms with van der Waals surface area (Å²) in [7, 11) is -0.423. The Labute approximate surface area is 222 Å². The summed E-state index contributed by atoms with van der Waals surface area (Å²) in [6, 6.07) is 20.8. The number of amides is 1. The van der Waals surface area contributed by atoms with E-state index in [0.29, 0.717) is 12.4 Å². The molecule has 194 valence electrons. The van der Waals surface area contributed by atoms with Gasteiger partial charge in [0.2, 0.25) is 0 Å². The van der Waals surface area contributed by atoms with Crippen molar-refractivity contribution in [3.63, 3.8) is 0 Å². The molecule has 8 heteroatoms. The molecule has 2 aliphatic rings. The summed E-state index contributed by atoms with van der Waals surface area (Å²) in [5.74, 6) is 0.702. The van der Waals surface area contributed by atoms with Gasteiger partial charge in [-0.1, -0.05) is 60.7 Å². The minimum atomic E-state index is -0.897. The van der Waals surface area contributed by atoms with Crippen molar-refractivity contribution in [1.29, 1.82) is 0 Å². The number of imidazole rings is 1. The van der Waals surface area contributed by atoms with Crippen molar-refractivity contribution in [3.05, 3.63) is 72.7 Å². The summed E-state index contributed by atoms with van der Waals surface area (Å²) in [4.78, 5) is 20.9. The third-order valence-electron chi connectivity index (χ3n) is 8.38. The number of carbonyl (C=O) groups is 1. The fourth-order valence-corrected chi connectivity index (χ4v) is 5.52. The van der Waals surface area contributed by atoms with Gasteiger partial charge in [0.25, 0.3) is 0 Å². The average Bonchev–Trinajstić information content (AvgIpc) is 3.61. The third kappa shape index (κ3) is 4.08. The van der Waals surface area contributed by atoms with E-state index in [1.807, 2.05) is 0 Å². The molecule has 0 saturated carbocycles. The number of hydrogen-bond donors (Lipinski definition) is 2. The lowest BCUT2D eigenvalue weighted by atomic mass is 9.75. The van der Waals surface area contributed by atoms with Gasteiger partial charge in [-0.2, -0.15) is 0 Å². The molecule has 1 atom stereocenters. The van der Waals surface area contributed by atoms with Gasteiger partial charge in [-0.15, -0.1) is 0 Å². The van der Waals surface area contributed by atoms with Crippen molar-refractivity contribution in [2.24, 2.45) is 0 Å². The minimum absolute atomic E-state index is 0.214. The molecular formula is C30H32BN3O4. The Morgan fingerprint density at radius 3 is 2.34 bits per heavy atom. The molecule has 38 heavy (non-hydrogen) atoms. The minimum Gasteiger partial charge on any atom is -0.465 e. The van der Waals surface area contributed by atoms with Crippen molar-refractivity contribution in [3.8, 4) is 22.4 Å². The molecule has 1 aromatic heterocycles. The number of aromatic amines is 1. The second-order valence-electron chi connectivity index (χ2n) is 11.2. The van der Waals surface area contributed by atoms with Crippen LogP contribution < -0.4 is 5.46 Å². The van der Waals surface area contributed by atoms with E-state index >= 15 is 0 Å². The van der Waals surface area contributed by atoms with E-state index in [0.717, 1.165) is 51.5 Å². The van der Waals surface area contributed by atoms with Crippen molar-refractivity contribution in [2.45, 2.75) is 57.8 Å². The van der Waals surface area contributed by atoms with E-state index in [1.54, 1.807) is 6.20 Å². The predicted molar refractivity (Wildman–Crippen MR) is 149 cm³/mol. The molecule has 0 radical (unpaired) electrons. The first-order chi connectivity index (χ1) is 18.1. The lowest BCUT2D eigenvalue weighted by Gasteiger charge is -2.32. The van der Waals surface area contributed by atoms with Crippen molar-refractivity contribution < 1.29 is 19.2 Å². The Balaban J connectivity index is 1.30. The number of H-pyrrole nitrogens is 1. The zero-order valence-corrected chi connectivity index (χ0v) is 22.2. The Bertz CT molecular complexity index is 1500. The van der Waals surface area contributed by atoms with Crippen LogP contribution >= 0.6 is 0 Å². The maximum absolute atomic E-state index is 11.6. The molecule has 3 aromatic carbocycles. The maximum atomic E-state index is 11.6. The molecule has 0 bridgehead atoms. The normalized spacial score (nSPS) is 20.4. The molecule has 0 aliphatic carbocycles. The van der Waals surface area contributed by atoms with Crippen LogP contribution in [0, 0.1) is 0 Å². The summed E-state index contributed by atoms with van der Waals surface area (Å²) in [5.41, 5.74) is 4.37. The lowest BCUT2D eigenvalue weighted by molar-refractivity contribution is 0.00578. The standard InChI is InChI=1S/C30H32BN3O4/c1-29(2)30(3,4)38-31(37-29)24-11-6-9-22-21(8-5-10-23(22)24)19-13-15-20(16-14-19)25-18-32-27(33-25)26-12-7-17-34(26)28(35)36/h5-6,8-11,13-16,18,26H,7,12,17H2,1-4H3,(H,32,33)(H,35,36). The monoisotopic (exact) mass is 509 g/mol. The molecule has 2 N–H and O–H groups in total. The second-order valence-corrected chi connectivity index (χ2v) is 11.2. The van der Waals surface area contributed by atoms with Crippen molar-refractivity contribution in [2.75, 3.05) is 6.54 Å². The van der Waals surface area contributed by atoms with E-state index < -0.39 is 24.4 Å². The number of benzene rings is 3. The van der Waals surface area contributed by atoms with E-state index in [9.17, 15) is 9.90 Å².